The van der Waals surface area contributed by atoms with E-state index in [0.717, 1.165) is 35.8 Å². The van der Waals surface area contributed by atoms with Gasteiger partial charge in [0.2, 0.25) is 0 Å². The topological polar surface area (TPSA) is 29.9 Å². The second-order valence-corrected chi connectivity index (χ2v) is 5.82. The lowest BCUT2D eigenvalue weighted by atomic mass is 10.2. The summed E-state index contributed by atoms with van der Waals surface area (Å²) in [5, 5.41) is 8.80. The highest BCUT2D eigenvalue weighted by Gasteiger charge is 2.25. The molecule has 1 aromatic heterocycles. The average molecular weight is 290 g/mol. The number of hydrogen-bond acceptors (Lipinski definition) is 2. The van der Waals surface area contributed by atoms with Crippen molar-refractivity contribution in [3.05, 3.63) is 46.7 Å². The summed E-state index contributed by atoms with van der Waals surface area (Å²) in [6, 6.07) is 8.27. The molecule has 0 saturated heterocycles. The van der Waals surface area contributed by atoms with Crippen LogP contribution in [0.25, 0.3) is 5.69 Å². The summed E-state index contributed by atoms with van der Waals surface area (Å²) < 4.78 is 1.92. The Labute approximate surface area is 124 Å². The molecule has 0 aliphatic heterocycles. The van der Waals surface area contributed by atoms with Crippen molar-refractivity contribution in [3.63, 3.8) is 0 Å². The second-order valence-electron chi connectivity index (χ2n) is 5.41. The first-order valence-corrected chi connectivity index (χ1v) is 7.71. The lowest BCUT2D eigenvalue weighted by molar-refractivity contribution is 0.675. The minimum atomic E-state index is 0.684. The van der Waals surface area contributed by atoms with E-state index >= 15 is 0 Å². The summed E-state index contributed by atoms with van der Waals surface area (Å²) in [6.07, 6.45) is 5.71. The van der Waals surface area contributed by atoms with Gasteiger partial charge in [-0.15, -0.1) is 0 Å². The van der Waals surface area contributed by atoms with E-state index in [2.05, 4.69) is 35.5 Å². The maximum atomic E-state index is 6.36. The van der Waals surface area contributed by atoms with E-state index in [4.69, 9.17) is 11.6 Å². The zero-order chi connectivity index (χ0) is 13.9. The fourth-order valence-electron chi connectivity index (χ4n) is 2.30. The first-order chi connectivity index (χ1) is 9.78. The Bertz CT molecular complexity index is 587. The van der Waals surface area contributed by atoms with Gasteiger partial charge in [0.1, 0.15) is 0 Å². The molecule has 2 aromatic rings. The normalized spacial score (nSPS) is 14.7. The predicted octanol–water partition coefficient (Wildman–Crippen LogP) is 3.90. The van der Waals surface area contributed by atoms with Crippen molar-refractivity contribution < 1.29 is 0 Å². The Morgan fingerprint density at radius 1 is 1.35 bits per heavy atom. The van der Waals surface area contributed by atoms with Crippen molar-refractivity contribution in [2.24, 2.45) is 0 Å². The molecule has 0 atom stereocenters. The number of halogens is 1. The number of benzene rings is 1. The van der Waals surface area contributed by atoms with Crippen molar-refractivity contribution in [2.75, 3.05) is 6.54 Å². The smallest absolute Gasteiger partial charge is 0.0660 e. The van der Waals surface area contributed by atoms with Gasteiger partial charge >= 0.3 is 0 Å². The summed E-state index contributed by atoms with van der Waals surface area (Å²) in [7, 11) is 0. The van der Waals surface area contributed by atoms with Gasteiger partial charge in [0.15, 0.2) is 0 Å². The van der Waals surface area contributed by atoms with E-state index in [9.17, 15) is 0 Å². The van der Waals surface area contributed by atoms with Gasteiger partial charge in [-0.3, -0.25) is 0 Å². The molecule has 0 bridgehead atoms. The SMILES string of the molecule is CCCNCc1ccc(-n2ccc(C3CC3)n2)cc1Cl. The Hall–Kier alpha value is -1.32. The lowest BCUT2D eigenvalue weighted by Crippen LogP contribution is -2.14. The molecule has 4 heteroatoms. The van der Waals surface area contributed by atoms with Crippen LogP contribution in [0.3, 0.4) is 0 Å². The summed E-state index contributed by atoms with van der Waals surface area (Å²) in [4.78, 5) is 0. The predicted molar refractivity (Wildman–Crippen MR) is 82.5 cm³/mol. The number of nitrogens with one attached hydrogen (secondary N) is 1. The van der Waals surface area contributed by atoms with Crippen molar-refractivity contribution in [3.8, 4) is 5.69 Å². The average Bonchev–Trinajstić information content (AvgIpc) is 3.18. The minimum Gasteiger partial charge on any atom is -0.313 e. The molecule has 1 aliphatic carbocycles. The summed E-state index contributed by atoms with van der Waals surface area (Å²) in [6.45, 7) is 3.99. The summed E-state index contributed by atoms with van der Waals surface area (Å²) in [5.74, 6) is 0.684. The molecular formula is C16H20ClN3. The van der Waals surface area contributed by atoms with Gasteiger partial charge in [0.05, 0.1) is 11.4 Å². The van der Waals surface area contributed by atoms with E-state index in [1.807, 2.05) is 16.9 Å². The highest BCUT2D eigenvalue weighted by atomic mass is 35.5. The number of hydrogen-bond donors (Lipinski definition) is 1. The lowest BCUT2D eigenvalue weighted by Gasteiger charge is -2.08. The Kier molecular flexibility index (Phi) is 4.08. The van der Waals surface area contributed by atoms with Gasteiger partial charge in [-0.05, 0) is 49.6 Å². The molecule has 106 valence electrons. The number of nitrogens with zero attached hydrogens (tertiary/aromatic N) is 2. The standard InChI is InChI=1S/C16H20ClN3/c1-2-8-18-11-13-5-6-14(10-15(13)17)20-9-7-16(19-20)12-3-4-12/h5-7,9-10,12,18H,2-4,8,11H2,1H3. The van der Waals surface area contributed by atoms with Gasteiger partial charge < -0.3 is 5.32 Å². The molecule has 3 nitrogen and oxygen atoms in total. The number of aromatic nitrogens is 2. The summed E-state index contributed by atoms with van der Waals surface area (Å²) in [5.41, 5.74) is 3.37. The van der Waals surface area contributed by atoms with Gasteiger partial charge in [-0.1, -0.05) is 24.6 Å². The highest BCUT2D eigenvalue weighted by molar-refractivity contribution is 6.31. The third kappa shape index (κ3) is 3.05. The molecule has 1 fully saturated rings. The van der Waals surface area contributed by atoms with Gasteiger partial charge in [0, 0.05) is 23.7 Å². The fourth-order valence-corrected chi connectivity index (χ4v) is 2.54. The van der Waals surface area contributed by atoms with Crippen LogP contribution in [0.2, 0.25) is 5.02 Å². The largest absolute Gasteiger partial charge is 0.313 e. The van der Waals surface area contributed by atoms with Crippen molar-refractivity contribution in [1.82, 2.24) is 15.1 Å². The van der Waals surface area contributed by atoms with Crippen LogP contribution in [0, 0.1) is 0 Å². The molecule has 1 N–H and O–H groups in total. The van der Waals surface area contributed by atoms with Crippen LogP contribution < -0.4 is 5.32 Å². The van der Waals surface area contributed by atoms with Crippen molar-refractivity contribution in [1.29, 1.82) is 0 Å². The third-order valence-corrected chi connectivity index (χ3v) is 4.00. The summed E-state index contributed by atoms with van der Waals surface area (Å²) >= 11 is 6.36. The van der Waals surface area contributed by atoms with E-state index < -0.39 is 0 Å². The van der Waals surface area contributed by atoms with Crippen LogP contribution in [0.15, 0.2) is 30.5 Å². The molecule has 1 saturated carbocycles. The molecule has 0 unspecified atom stereocenters. The Morgan fingerprint density at radius 3 is 2.90 bits per heavy atom. The van der Waals surface area contributed by atoms with Crippen molar-refractivity contribution in [2.45, 2.75) is 38.6 Å². The molecule has 3 rings (SSSR count). The molecule has 0 spiro atoms. The maximum Gasteiger partial charge on any atom is 0.0660 e. The first kappa shape index (κ1) is 13.7. The molecule has 0 amide bonds. The van der Waals surface area contributed by atoms with Crippen LogP contribution in [-0.4, -0.2) is 16.3 Å². The van der Waals surface area contributed by atoms with E-state index in [1.165, 1.54) is 18.5 Å². The molecular weight excluding hydrogens is 270 g/mol. The zero-order valence-corrected chi connectivity index (χ0v) is 12.5. The van der Waals surface area contributed by atoms with Crippen LogP contribution in [0.4, 0.5) is 0 Å². The molecule has 20 heavy (non-hydrogen) atoms. The van der Waals surface area contributed by atoms with Crippen LogP contribution in [-0.2, 0) is 6.54 Å². The van der Waals surface area contributed by atoms with Crippen molar-refractivity contribution >= 4 is 11.6 Å². The van der Waals surface area contributed by atoms with Gasteiger partial charge in [0.25, 0.3) is 0 Å². The minimum absolute atomic E-state index is 0.684. The van der Waals surface area contributed by atoms with Crippen LogP contribution in [0.5, 0.6) is 0 Å². The molecule has 1 aromatic carbocycles. The Balaban J connectivity index is 1.74. The fraction of sp³-hybridized carbons (Fsp3) is 0.438. The zero-order valence-electron chi connectivity index (χ0n) is 11.8. The second kappa shape index (κ2) is 5.98. The molecule has 1 aliphatic rings. The van der Waals surface area contributed by atoms with Crippen LogP contribution in [0.1, 0.15) is 43.4 Å². The van der Waals surface area contributed by atoms with Crippen LogP contribution >= 0.6 is 11.6 Å². The quantitative estimate of drug-likeness (QED) is 0.817. The van der Waals surface area contributed by atoms with E-state index in [1.54, 1.807) is 0 Å². The van der Waals surface area contributed by atoms with Gasteiger partial charge in [-0.25, -0.2) is 4.68 Å². The van der Waals surface area contributed by atoms with Gasteiger partial charge in [-0.2, -0.15) is 5.10 Å². The van der Waals surface area contributed by atoms with E-state index in [0.29, 0.717) is 5.92 Å². The monoisotopic (exact) mass is 289 g/mol. The highest BCUT2D eigenvalue weighted by Crippen LogP contribution is 2.39. The maximum absolute atomic E-state index is 6.36. The third-order valence-electron chi connectivity index (χ3n) is 3.65. The van der Waals surface area contributed by atoms with E-state index in [-0.39, 0.29) is 0 Å². The molecule has 0 radical (unpaired) electrons. The first-order valence-electron chi connectivity index (χ1n) is 7.33. The Morgan fingerprint density at radius 2 is 2.20 bits per heavy atom. The number of rotatable bonds is 6. The molecule has 1 heterocycles.